The number of carbonyl (C=O) groups excluding carboxylic acids is 2. The highest BCUT2D eigenvalue weighted by molar-refractivity contribution is 5.76. The number of nitrogens with one attached hydrogen (secondary N) is 1. The van der Waals surface area contributed by atoms with Gasteiger partial charge in [0.1, 0.15) is 0 Å². The molecule has 0 aliphatic heterocycles. The summed E-state index contributed by atoms with van der Waals surface area (Å²) in [5, 5.41) is 23.3. The topological polar surface area (TPSA) is 95.9 Å². The Morgan fingerprint density at radius 3 is 0.953 bits per heavy atom. The number of aliphatic hydroxyl groups is 2. The lowest BCUT2D eigenvalue weighted by Gasteiger charge is -2.22. The second-order valence-electron chi connectivity index (χ2n) is 20.3. The average molecular weight is 907 g/mol. The minimum absolute atomic E-state index is 0.00763. The number of amides is 1. The lowest BCUT2D eigenvalue weighted by atomic mass is 10.0. The Bertz CT molecular complexity index is 913. The molecule has 0 spiro atoms. The van der Waals surface area contributed by atoms with Crippen molar-refractivity contribution in [3.05, 3.63) is 0 Å². The summed E-state index contributed by atoms with van der Waals surface area (Å²) in [6.45, 7) is 4.97. The molecule has 0 bridgehead atoms. The van der Waals surface area contributed by atoms with E-state index in [1.165, 1.54) is 263 Å². The minimum atomic E-state index is -0.667. The summed E-state index contributed by atoms with van der Waals surface area (Å²) >= 11 is 0. The fourth-order valence-corrected chi connectivity index (χ4v) is 9.41. The molecule has 0 heterocycles. The van der Waals surface area contributed by atoms with Crippen LogP contribution in [0.4, 0.5) is 0 Å². The van der Waals surface area contributed by atoms with Crippen molar-refractivity contribution in [2.75, 3.05) is 13.2 Å². The van der Waals surface area contributed by atoms with E-state index < -0.39 is 12.1 Å². The van der Waals surface area contributed by atoms with Gasteiger partial charge in [0.25, 0.3) is 0 Å². The van der Waals surface area contributed by atoms with Crippen LogP contribution in [0.2, 0.25) is 0 Å². The third kappa shape index (κ3) is 50.3. The molecule has 1 amide bonds. The number of aliphatic hydroxyl groups excluding tert-OH is 2. The molecule has 6 heteroatoms. The Morgan fingerprint density at radius 1 is 0.375 bits per heavy atom. The first-order valence-corrected chi connectivity index (χ1v) is 29.3. The van der Waals surface area contributed by atoms with Gasteiger partial charge < -0.3 is 20.3 Å². The van der Waals surface area contributed by atoms with Crippen molar-refractivity contribution >= 4 is 11.9 Å². The quantitative estimate of drug-likeness (QED) is 0.0417. The molecule has 382 valence electrons. The summed E-state index contributed by atoms with van der Waals surface area (Å²) in [4.78, 5) is 24.5. The predicted molar refractivity (Wildman–Crippen MR) is 278 cm³/mol. The van der Waals surface area contributed by atoms with Gasteiger partial charge in [-0.3, -0.25) is 9.59 Å². The van der Waals surface area contributed by atoms with Crippen LogP contribution >= 0.6 is 0 Å². The molecular formula is C58H115NO5. The third-order valence-corrected chi connectivity index (χ3v) is 13.9. The molecule has 0 saturated carbocycles. The smallest absolute Gasteiger partial charge is 0.305 e. The van der Waals surface area contributed by atoms with E-state index in [1.807, 2.05) is 0 Å². The lowest BCUT2D eigenvalue weighted by Crippen LogP contribution is -2.45. The van der Waals surface area contributed by atoms with Gasteiger partial charge in [-0.1, -0.05) is 296 Å². The van der Waals surface area contributed by atoms with Crippen LogP contribution in [0.5, 0.6) is 0 Å². The zero-order valence-corrected chi connectivity index (χ0v) is 43.5. The molecule has 0 radical (unpaired) electrons. The molecular weight excluding hydrogens is 791 g/mol. The minimum Gasteiger partial charge on any atom is -0.466 e. The van der Waals surface area contributed by atoms with E-state index in [2.05, 4.69) is 19.2 Å². The number of hydrogen-bond acceptors (Lipinski definition) is 5. The molecule has 2 unspecified atom stereocenters. The molecule has 0 aliphatic rings. The maximum Gasteiger partial charge on any atom is 0.305 e. The summed E-state index contributed by atoms with van der Waals surface area (Å²) in [7, 11) is 0. The summed E-state index contributed by atoms with van der Waals surface area (Å²) in [5.41, 5.74) is 0. The van der Waals surface area contributed by atoms with Crippen LogP contribution in [0.25, 0.3) is 0 Å². The molecule has 6 nitrogen and oxygen atoms in total. The van der Waals surface area contributed by atoms with Gasteiger partial charge in [-0.05, 0) is 25.7 Å². The molecule has 0 saturated heterocycles. The van der Waals surface area contributed by atoms with Gasteiger partial charge in [-0.15, -0.1) is 0 Å². The van der Waals surface area contributed by atoms with E-state index in [4.69, 9.17) is 4.74 Å². The number of carbonyl (C=O) groups is 2. The summed E-state index contributed by atoms with van der Waals surface area (Å²) in [6.07, 6.45) is 62.3. The van der Waals surface area contributed by atoms with E-state index in [-0.39, 0.29) is 18.5 Å². The first kappa shape index (κ1) is 62.9. The molecule has 0 aromatic carbocycles. The highest BCUT2D eigenvalue weighted by Gasteiger charge is 2.20. The lowest BCUT2D eigenvalue weighted by molar-refractivity contribution is -0.143. The fraction of sp³-hybridized carbons (Fsp3) is 0.966. The number of rotatable bonds is 55. The Labute approximate surface area is 400 Å². The highest BCUT2D eigenvalue weighted by Crippen LogP contribution is 2.18. The fourth-order valence-electron chi connectivity index (χ4n) is 9.41. The normalized spacial score (nSPS) is 12.5. The molecule has 3 N–H and O–H groups in total. The standard InChI is InChI=1S/C58H115NO5/c1-3-5-7-9-11-13-15-17-19-24-28-32-36-40-44-48-52-58(63)64-53-49-45-41-37-33-29-25-21-20-23-27-31-35-39-43-47-51-57(62)59-55(54-60)56(61)50-46-42-38-34-30-26-22-18-16-14-12-10-8-6-4-2/h55-56,60-61H,3-54H2,1-2H3,(H,59,62). The third-order valence-electron chi connectivity index (χ3n) is 13.9. The van der Waals surface area contributed by atoms with Crippen molar-refractivity contribution in [2.24, 2.45) is 0 Å². The van der Waals surface area contributed by atoms with E-state index >= 15 is 0 Å². The molecule has 0 aliphatic carbocycles. The van der Waals surface area contributed by atoms with E-state index in [9.17, 15) is 19.8 Å². The highest BCUT2D eigenvalue weighted by atomic mass is 16.5. The summed E-state index contributed by atoms with van der Waals surface area (Å²) in [6, 6.07) is -0.545. The molecule has 0 aromatic heterocycles. The molecule has 64 heavy (non-hydrogen) atoms. The van der Waals surface area contributed by atoms with Crippen LogP contribution in [0.1, 0.15) is 335 Å². The van der Waals surface area contributed by atoms with Gasteiger partial charge in [0, 0.05) is 12.8 Å². The van der Waals surface area contributed by atoms with Crippen LogP contribution < -0.4 is 5.32 Å². The van der Waals surface area contributed by atoms with Gasteiger partial charge >= 0.3 is 5.97 Å². The first-order valence-electron chi connectivity index (χ1n) is 29.3. The summed E-state index contributed by atoms with van der Waals surface area (Å²) in [5.74, 6) is -0.0312. The maximum absolute atomic E-state index is 12.5. The van der Waals surface area contributed by atoms with Gasteiger partial charge in [-0.25, -0.2) is 0 Å². The van der Waals surface area contributed by atoms with Crippen molar-refractivity contribution in [3.8, 4) is 0 Å². The van der Waals surface area contributed by atoms with Gasteiger partial charge in [0.15, 0.2) is 0 Å². The second kappa shape index (κ2) is 54.5. The van der Waals surface area contributed by atoms with E-state index in [0.717, 1.165) is 38.5 Å². The van der Waals surface area contributed by atoms with Crippen molar-refractivity contribution in [2.45, 2.75) is 347 Å². The van der Waals surface area contributed by atoms with Crippen molar-refractivity contribution < 1.29 is 24.5 Å². The number of ether oxygens (including phenoxy) is 1. The zero-order chi connectivity index (χ0) is 46.5. The monoisotopic (exact) mass is 906 g/mol. The van der Waals surface area contributed by atoms with Gasteiger partial charge in [-0.2, -0.15) is 0 Å². The van der Waals surface area contributed by atoms with Gasteiger partial charge in [0.2, 0.25) is 5.91 Å². The van der Waals surface area contributed by atoms with E-state index in [0.29, 0.717) is 25.9 Å². The van der Waals surface area contributed by atoms with E-state index in [1.54, 1.807) is 0 Å². The molecule has 0 aromatic rings. The maximum atomic E-state index is 12.5. The Hall–Kier alpha value is -1.14. The van der Waals surface area contributed by atoms with Crippen molar-refractivity contribution in [1.29, 1.82) is 0 Å². The first-order chi connectivity index (χ1) is 31.5. The largest absolute Gasteiger partial charge is 0.466 e. The van der Waals surface area contributed by atoms with Crippen LogP contribution in [-0.2, 0) is 14.3 Å². The number of unbranched alkanes of at least 4 members (excludes halogenated alkanes) is 44. The molecule has 2 atom stereocenters. The Kier molecular flexibility index (Phi) is 53.5. The predicted octanol–water partition coefficient (Wildman–Crippen LogP) is 17.9. The van der Waals surface area contributed by atoms with Crippen LogP contribution in [0.15, 0.2) is 0 Å². The van der Waals surface area contributed by atoms with Crippen molar-refractivity contribution in [1.82, 2.24) is 5.32 Å². The molecule has 0 fully saturated rings. The Balaban J connectivity index is 3.39. The SMILES string of the molecule is CCCCCCCCCCCCCCCCCCC(=O)OCCCCCCCCCCCCCCCCCCC(=O)NC(CO)C(O)CCCCCCCCCCCCCCCCC. The second-order valence-corrected chi connectivity index (χ2v) is 20.3. The average Bonchev–Trinajstić information content (AvgIpc) is 3.29. The van der Waals surface area contributed by atoms with Crippen LogP contribution in [0.3, 0.4) is 0 Å². The van der Waals surface area contributed by atoms with Crippen LogP contribution in [0, 0.1) is 0 Å². The van der Waals surface area contributed by atoms with Crippen molar-refractivity contribution in [3.63, 3.8) is 0 Å². The summed E-state index contributed by atoms with van der Waals surface area (Å²) < 4.78 is 5.49. The van der Waals surface area contributed by atoms with Crippen LogP contribution in [-0.4, -0.2) is 47.4 Å². The number of esters is 1. The zero-order valence-electron chi connectivity index (χ0n) is 43.5. The van der Waals surface area contributed by atoms with Gasteiger partial charge in [0.05, 0.1) is 25.4 Å². The number of hydrogen-bond donors (Lipinski definition) is 3. The molecule has 0 rings (SSSR count). The Morgan fingerprint density at radius 2 is 0.641 bits per heavy atom.